The fraction of sp³-hybridized carbons (Fsp3) is 0.304. The zero-order valence-electron chi connectivity index (χ0n) is 17.7. The van der Waals surface area contributed by atoms with E-state index in [1.165, 1.54) is 6.20 Å². The van der Waals surface area contributed by atoms with E-state index in [4.69, 9.17) is 0 Å². The molecule has 3 aromatic heterocycles. The van der Waals surface area contributed by atoms with Gasteiger partial charge in [0.05, 0.1) is 11.1 Å². The number of alkyl halides is 3. The highest BCUT2D eigenvalue weighted by molar-refractivity contribution is 5.94. The first-order chi connectivity index (χ1) is 15.2. The standard InChI is InChI=1S/C23H22F3N5O/c1-14-7-17(22(32)30-10-16-3-5-27-9-15(16)2)11-29-21(14)31-6-4-20-18(13-31)8-19(12-28-20)23(24,25)26/h3,5,7-9,11-12H,4,6,10,13H2,1-2H3,(H,30,32). The summed E-state index contributed by atoms with van der Waals surface area (Å²) in [6, 6.07) is 4.76. The van der Waals surface area contributed by atoms with Crippen molar-refractivity contribution in [2.45, 2.75) is 39.5 Å². The Morgan fingerprint density at radius 2 is 1.94 bits per heavy atom. The van der Waals surface area contributed by atoms with Crippen LogP contribution in [0.2, 0.25) is 0 Å². The average Bonchev–Trinajstić information content (AvgIpc) is 2.77. The van der Waals surface area contributed by atoms with Crippen molar-refractivity contribution in [3.63, 3.8) is 0 Å². The van der Waals surface area contributed by atoms with Crippen LogP contribution in [0, 0.1) is 13.8 Å². The molecule has 1 N–H and O–H groups in total. The highest BCUT2D eigenvalue weighted by Gasteiger charge is 2.32. The summed E-state index contributed by atoms with van der Waals surface area (Å²) in [5.41, 5.74) is 3.65. The van der Waals surface area contributed by atoms with Crippen molar-refractivity contribution in [2.24, 2.45) is 0 Å². The van der Waals surface area contributed by atoms with Gasteiger partial charge in [-0.05, 0) is 54.3 Å². The minimum absolute atomic E-state index is 0.244. The Labute approximate surface area is 183 Å². The Balaban J connectivity index is 1.48. The number of carbonyl (C=O) groups excluding carboxylic acids is 1. The van der Waals surface area contributed by atoms with Crippen molar-refractivity contribution in [3.8, 4) is 0 Å². The molecule has 0 spiro atoms. The van der Waals surface area contributed by atoms with Crippen molar-refractivity contribution >= 4 is 11.7 Å². The number of hydrogen-bond donors (Lipinski definition) is 1. The van der Waals surface area contributed by atoms with Crippen LogP contribution < -0.4 is 10.2 Å². The summed E-state index contributed by atoms with van der Waals surface area (Å²) in [7, 11) is 0. The summed E-state index contributed by atoms with van der Waals surface area (Å²) in [5, 5.41) is 2.88. The SMILES string of the molecule is Cc1cnccc1CNC(=O)c1cnc(N2CCc3ncc(C(F)(F)F)cc3C2)c(C)c1. The van der Waals surface area contributed by atoms with Crippen LogP contribution in [0.4, 0.5) is 19.0 Å². The van der Waals surface area contributed by atoms with Gasteiger partial charge in [-0.1, -0.05) is 0 Å². The number of rotatable bonds is 4. The minimum atomic E-state index is -4.43. The van der Waals surface area contributed by atoms with Crippen LogP contribution in [0.15, 0.2) is 43.0 Å². The van der Waals surface area contributed by atoms with E-state index in [9.17, 15) is 18.0 Å². The Bertz CT molecular complexity index is 1160. The normalized spacial score (nSPS) is 13.6. The number of halogens is 3. The van der Waals surface area contributed by atoms with Gasteiger partial charge in [0, 0.05) is 56.5 Å². The van der Waals surface area contributed by atoms with E-state index in [1.807, 2.05) is 24.8 Å². The van der Waals surface area contributed by atoms with Crippen molar-refractivity contribution < 1.29 is 18.0 Å². The molecule has 1 aliphatic heterocycles. The second-order valence-corrected chi connectivity index (χ2v) is 7.85. The number of aromatic nitrogens is 3. The second kappa shape index (κ2) is 8.57. The van der Waals surface area contributed by atoms with E-state index in [2.05, 4.69) is 20.3 Å². The zero-order valence-corrected chi connectivity index (χ0v) is 17.7. The predicted molar refractivity (Wildman–Crippen MR) is 113 cm³/mol. The molecule has 0 atom stereocenters. The molecular weight excluding hydrogens is 419 g/mol. The Morgan fingerprint density at radius 1 is 1.12 bits per heavy atom. The number of nitrogens with one attached hydrogen (secondary N) is 1. The Morgan fingerprint density at radius 3 is 2.66 bits per heavy atom. The van der Waals surface area contributed by atoms with Crippen molar-refractivity contribution in [3.05, 3.63) is 82.1 Å². The summed E-state index contributed by atoms with van der Waals surface area (Å²) in [4.78, 5) is 27.0. The number of fused-ring (bicyclic) bond motifs is 1. The fourth-order valence-corrected chi connectivity index (χ4v) is 3.76. The van der Waals surface area contributed by atoms with Gasteiger partial charge < -0.3 is 10.2 Å². The number of pyridine rings is 3. The van der Waals surface area contributed by atoms with Gasteiger partial charge in [-0.15, -0.1) is 0 Å². The van der Waals surface area contributed by atoms with Gasteiger partial charge in [0.25, 0.3) is 5.91 Å². The summed E-state index contributed by atoms with van der Waals surface area (Å²) in [6.45, 7) is 5.02. The third-order valence-corrected chi connectivity index (χ3v) is 5.56. The maximum absolute atomic E-state index is 13.0. The Kier molecular flexibility index (Phi) is 5.82. The van der Waals surface area contributed by atoms with Crippen LogP contribution in [0.25, 0.3) is 0 Å². The molecule has 0 bridgehead atoms. The molecule has 0 unspecified atom stereocenters. The van der Waals surface area contributed by atoms with Gasteiger partial charge in [-0.2, -0.15) is 13.2 Å². The monoisotopic (exact) mass is 441 g/mol. The molecule has 0 saturated heterocycles. The van der Waals surface area contributed by atoms with Gasteiger partial charge in [0.15, 0.2) is 0 Å². The molecule has 32 heavy (non-hydrogen) atoms. The third-order valence-electron chi connectivity index (χ3n) is 5.56. The number of nitrogens with zero attached hydrogens (tertiary/aromatic N) is 4. The van der Waals surface area contributed by atoms with E-state index >= 15 is 0 Å². The summed E-state index contributed by atoms with van der Waals surface area (Å²) >= 11 is 0. The van der Waals surface area contributed by atoms with Gasteiger partial charge in [-0.25, -0.2) is 4.98 Å². The first-order valence-electron chi connectivity index (χ1n) is 10.2. The molecule has 0 saturated carbocycles. The molecule has 4 rings (SSSR count). The number of anilines is 1. The summed E-state index contributed by atoms with van der Waals surface area (Å²) in [5.74, 6) is 0.404. The number of hydrogen-bond acceptors (Lipinski definition) is 5. The highest BCUT2D eigenvalue weighted by Crippen LogP contribution is 2.32. The number of amides is 1. The smallest absolute Gasteiger partial charge is 0.352 e. The van der Waals surface area contributed by atoms with Gasteiger partial charge in [0.2, 0.25) is 0 Å². The molecular formula is C23H22F3N5O. The lowest BCUT2D eigenvalue weighted by molar-refractivity contribution is -0.137. The third kappa shape index (κ3) is 4.56. The van der Waals surface area contributed by atoms with Crippen LogP contribution in [-0.4, -0.2) is 27.4 Å². The van der Waals surface area contributed by atoms with E-state index in [1.54, 1.807) is 18.5 Å². The molecule has 3 aromatic rings. The number of carbonyl (C=O) groups is 1. The minimum Gasteiger partial charge on any atom is -0.352 e. The van der Waals surface area contributed by atoms with Crippen molar-refractivity contribution in [2.75, 3.05) is 11.4 Å². The first kappa shape index (κ1) is 21.7. The maximum Gasteiger partial charge on any atom is 0.417 e. The lowest BCUT2D eigenvalue weighted by Gasteiger charge is -2.30. The van der Waals surface area contributed by atoms with E-state index in [0.717, 1.165) is 29.0 Å². The molecule has 166 valence electrons. The van der Waals surface area contributed by atoms with Crippen molar-refractivity contribution in [1.82, 2.24) is 20.3 Å². The van der Waals surface area contributed by atoms with Gasteiger partial charge in [-0.3, -0.25) is 14.8 Å². The topological polar surface area (TPSA) is 71.0 Å². The molecule has 1 amide bonds. The Hall–Kier alpha value is -3.49. The lowest BCUT2D eigenvalue weighted by atomic mass is 10.0. The molecule has 4 heterocycles. The molecule has 0 aromatic carbocycles. The molecule has 9 heteroatoms. The van der Waals surface area contributed by atoms with Crippen LogP contribution in [0.3, 0.4) is 0 Å². The zero-order chi connectivity index (χ0) is 22.9. The van der Waals surface area contributed by atoms with Crippen LogP contribution in [-0.2, 0) is 25.7 Å². The molecule has 0 aliphatic carbocycles. The second-order valence-electron chi connectivity index (χ2n) is 7.85. The van der Waals surface area contributed by atoms with Crippen molar-refractivity contribution in [1.29, 1.82) is 0 Å². The average molecular weight is 441 g/mol. The van der Waals surface area contributed by atoms with Crippen LogP contribution >= 0.6 is 0 Å². The highest BCUT2D eigenvalue weighted by atomic mass is 19.4. The molecule has 0 radical (unpaired) electrons. The van der Waals surface area contributed by atoms with E-state index in [0.29, 0.717) is 42.1 Å². The van der Waals surface area contributed by atoms with Crippen LogP contribution in [0.5, 0.6) is 0 Å². The fourth-order valence-electron chi connectivity index (χ4n) is 3.76. The summed E-state index contributed by atoms with van der Waals surface area (Å²) < 4.78 is 39.1. The summed E-state index contributed by atoms with van der Waals surface area (Å²) in [6.07, 6.45) is 1.91. The van der Waals surface area contributed by atoms with Gasteiger partial charge in [0.1, 0.15) is 5.82 Å². The quantitative estimate of drug-likeness (QED) is 0.663. The largest absolute Gasteiger partial charge is 0.417 e. The van der Waals surface area contributed by atoms with E-state index < -0.39 is 11.7 Å². The predicted octanol–water partition coefficient (Wildman–Crippen LogP) is 4.00. The lowest BCUT2D eigenvalue weighted by Crippen LogP contribution is -2.33. The number of aryl methyl sites for hydroxylation is 2. The molecule has 0 fully saturated rings. The molecule has 6 nitrogen and oxygen atoms in total. The van der Waals surface area contributed by atoms with E-state index in [-0.39, 0.29) is 12.5 Å². The molecule has 1 aliphatic rings. The first-order valence-corrected chi connectivity index (χ1v) is 10.2. The van der Waals surface area contributed by atoms with Crippen LogP contribution in [0.1, 0.15) is 43.9 Å². The van der Waals surface area contributed by atoms with Gasteiger partial charge >= 0.3 is 6.18 Å². The maximum atomic E-state index is 13.0.